The number of aryl methyl sites for hydroxylation is 1. The Kier molecular flexibility index (Phi) is 3.42. The van der Waals surface area contributed by atoms with Gasteiger partial charge in [-0.25, -0.2) is 4.98 Å². The van der Waals surface area contributed by atoms with Crippen molar-refractivity contribution in [3.8, 4) is 0 Å². The third-order valence-corrected chi connectivity index (χ3v) is 4.71. The first-order valence-electron chi connectivity index (χ1n) is 6.24. The second-order valence-corrected chi connectivity index (χ2v) is 5.59. The number of aromatic nitrogens is 1. The fraction of sp³-hybridized carbons (Fsp3) is 0.750. The maximum Gasteiger partial charge on any atom is 0.132 e. The van der Waals surface area contributed by atoms with Crippen LogP contribution in [0.2, 0.25) is 0 Å². The molecule has 2 atom stereocenters. The van der Waals surface area contributed by atoms with E-state index in [1.165, 1.54) is 23.4 Å². The quantitative estimate of drug-likeness (QED) is 0.874. The Morgan fingerprint density at radius 3 is 3.12 bits per heavy atom. The highest BCUT2D eigenvalue weighted by molar-refractivity contribution is 7.11. The average Bonchev–Trinajstić information content (AvgIpc) is 2.83. The third-order valence-electron chi connectivity index (χ3n) is 3.41. The van der Waals surface area contributed by atoms with E-state index in [4.69, 9.17) is 14.5 Å². The van der Waals surface area contributed by atoms with Crippen molar-refractivity contribution >= 4 is 11.3 Å². The summed E-state index contributed by atoms with van der Waals surface area (Å²) in [7, 11) is 2.03. The van der Waals surface area contributed by atoms with Gasteiger partial charge in [-0.2, -0.15) is 0 Å². The van der Waals surface area contributed by atoms with Gasteiger partial charge in [-0.1, -0.05) is 0 Å². The fourth-order valence-electron chi connectivity index (χ4n) is 2.48. The van der Waals surface area contributed by atoms with Crippen molar-refractivity contribution in [1.29, 1.82) is 0 Å². The maximum atomic E-state index is 5.71. The number of thiazole rings is 1. The lowest BCUT2D eigenvalue weighted by molar-refractivity contribution is -0.0902. The van der Waals surface area contributed by atoms with Crippen LogP contribution >= 0.6 is 11.3 Å². The molecule has 1 aliphatic heterocycles. The summed E-state index contributed by atoms with van der Waals surface area (Å²) in [5.74, 6) is 0. The number of hydrogen-bond donors (Lipinski definition) is 1. The van der Waals surface area contributed by atoms with Gasteiger partial charge in [0.25, 0.3) is 0 Å². The molecule has 94 valence electrons. The molecule has 0 aromatic carbocycles. The molecule has 1 N–H and O–H groups in total. The van der Waals surface area contributed by atoms with Gasteiger partial charge in [0, 0.05) is 10.9 Å². The summed E-state index contributed by atoms with van der Waals surface area (Å²) >= 11 is 1.80. The lowest BCUT2D eigenvalue weighted by Crippen LogP contribution is -2.21. The molecule has 4 nitrogen and oxygen atoms in total. The van der Waals surface area contributed by atoms with E-state index in [0.717, 1.165) is 11.4 Å². The SMILES string of the molecule is CNC1CCCc2nc(C3COCCO3)sc21. The van der Waals surface area contributed by atoms with E-state index in [1.807, 2.05) is 7.05 Å². The van der Waals surface area contributed by atoms with Crippen molar-refractivity contribution in [3.05, 3.63) is 15.6 Å². The summed E-state index contributed by atoms with van der Waals surface area (Å²) in [6, 6.07) is 0.481. The molecule has 1 fully saturated rings. The molecule has 1 aliphatic carbocycles. The zero-order valence-electron chi connectivity index (χ0n) is 10.1. The number of hydrogen-bond acceptors (Lipinski definition) is 5. The van der Waals surface area contributed by atoms with Gasteiger partial charge in [0.1, 0.15) is 11.1 Å². The Morgan fingerprint density at radius 2 is 2.35 bits per heavy atom. The van der Waals surface area contributed by atoms with Gasteiger partial charge < -0.3 is 14.8 Å². The summed E-state index contributed by atoms with van der Waals surface area (Å²) < 4.78 is 11.2. The van der Waals surface area contributed by atoms with Crippen LogP contribution in [0.15, 0.2) is 0 Å². The molecule has 2 unspecified atom stereocenters. The Morgan fingerprint density at radius 1 is 1.41 bits per heavy atom. The minimum atomic E-state index is 0.0526. The smallest absolute Gasteiger partial charge is 0.132 e. The van der Waals surface area contributed by atoms with Crippen LogP contribution in [0.5, 0.6) is 0 Å². The molecule has 3 rings (SSSR count). The van der Waals surface area contributed by atoms with Crippen LogP contribution in [0.4, 0.5) is 0 Å². The molecule has 1 aromatic heterocycles. The number of nitrogens with one attached hydrogen (secondary N) is 1. The molecule has 5 heteroatoms. The summed E-state index contributed by atoms with van der Waals surface area (Å²) in [5.41, 5.74) is 1.27. The summed E-state index contributed by atoms with van der Waals surface area (Å²) in [4.78, 5) is 6.15. The first-order valence-corrected chi connectivity index (χ1v) is 7.06. The van der Waals surface area contributed by atoms with E-state index in [9.17, 15) is 0 Å². The van der Waals surface area contributed by atoms with Gasteiger partial charge in [0.15, 0.2) is 0 Å². The molecule has 17 heavy (non-hydrogen) atoms. The first-order chi connectivity index (χ1) is 8.38. The molecule has 0 spiro atoms. The summed E-state index contributed by atoms with van der Waals surface area (Å²) in [6.07, 6.45) is 3.60. The first kappa shape index (κ1) is 11.6. The molecule has 2 heterocycles. The minimum Gasteiger partial charge on any atom is -0.376 e. The van der Waals surface area contributed by atoms with Crippen molar-refractivity contribution in [2.75, 3.05) is 26.9 Å². The second-order valence-electron chi connectivity index (χ2n) is 4.53. The molecule has 0 amide bonds. The summed E-state index contributed by atoms with van der Waals surface area (Å²) in [6.45, 7) is 2.04. The zero-order chi connectivity index (χ0) is 11.7. The molecule has 0 radical (unpaired) electrons. The molecular formula is C12H18N2O2S. The predicted molar refractivity (Wildman–Crippen MR) is 66.4 cm³/mol. The number of nitrogens with zero attached hydrogens (tertiary/aromatic N) is 1. The number of fused-ring (bicyclic) bond motifs is 1. The topological polar surface area (TPSA) is 43.4 Å². The van der Waals surface area contributed by atoms with E-state index in [0.29, 0.717) is 25.9 Å². The van der Waals surface area contributed by atoms with Crippen molar-refractivity contribution in [1.82, 2.24) is 10.3 Å². The Labute approximate surface area is 105 Å². The number of ether oxygens (including phenoxy) is 2. The van der Waals surface area contributed by atoms with Crippen LogP contribution in [-0.4, -0.2) is 31.9 Å². The van der Waals surface area contributed by atoms with Crippen LogP contribution in [0.25, 0.3) is 0 Å². The van der Waals surface area contributed by atoms with Crippen LogP contribution in [-0.2, 0) is 15.9 Å². The lowest BCUT2D eigenvalue weighted by atomic mass is 9.98. The van der Waals surface area contributed by atoms with Crippen LogP contribution in [0, 0.1) is 0 Å². The number of rotatable bonds is 2. The van der Waals surface area contributed by atoms with Gasteiger partial charge >= 0.3 is 0 Å². The maximum absolute atomic E-state index is 5.71. The van der Waals surface area contributed by atoms with E-state index in [2.05, 4.69) is 5.32 Å². The van der Waals surface area contributed by atoms with Crippen LogP contribution in [0.1, 0.15) is 40.6 Å². The van der Waals surface area contributed by atoms with E-state index < -0.39 is 0 Å². The lowest BCUT2D eigenvalue weighted by Gasteiger charge is -2.21. The highest BCUT2D eigenvalue weighted by atomic mass is 32.1. The van der Waals surface area contributed by atoms with Crippen molar-refractivity contribution < 1.29 is 9.47 Å². The van der Waals surface area contributed by atoms with Gasteiger partial charge in [0.2, 0.25) is 0 Å². The van der Waals surface area contributed by atoms with Crippen LogP contribution in [0.3, 0.4) is 0 Å². The largest absolute Gasteiger partial charge is 0.376 e. The highest BCUT2D eigenvalue weighted by Crippen LogP contribution is 2.37. The monoisotopic (exact) mass is 254 g/mol. The molecule has 1 saturated heterocycles. The Hall–Kier alpha value is -0.490. The third kappa shape index (κ3) is 2.25. The molecule has 0 saturated carbocycles. The van der Waals surface area contributed by atoms with Gasteiger partial charge in [-0.05, 0) is 26.3 Å². The summed E-state index contributed by atoms with van der Waals surface area (Å²) in [5, 5.41) is 4.47. The van der Waals surface area contributed by atoms with Crippen molar-refractivity contribution in [2.45, 2.75) is 31.4 Å². The van der Waals surface area contributed by atoms with Crippen molar-refractivity contribution in [2.24, 2.45) is 0 Å². The fourth-order valence-corrected chi connectivity index (χ4v) is 3.77. The zero-order valence-corrected chi connectivity index (χ0v) is 10.9. The Balaban J connectivity index is 1.84. The normalized spacial score (nSPS) is 29.0. The highest BCUT2D eigenvalue weighted by Gasteiger charge is 2.27. The van der Waals surface area contributed by atoms with Gasteiger partial charge in [0.05, 0.1) is 25.5 Å². The predicted octanol–water partition coefficient (Wildman–Crippen LogP) is 1.83. The van der Waals surface area contributed by atoms with E-state index >= 15 is 0 Å². The molecule has 2 aliphatic rings. The van der Waals surface area contributed by atoms with Crippen molar-refractivity contribution in [3.63, 3.8) is 0 Å². The van der Waals surface area contributed by atoms with Crippen LogP contribution < -0.4 is 5.32 Å². The standard InChI is InChI=1S/C12H18N2O2S/c1-13-8-3-2-4-9-11(8)17-12(14-9)10-7-15-5-6-16-10/h8,10,13H,2-7H2,1H3. The van der Waals surface area contributed by atoms with E-state index in [1.54, 1.807) is 11.3 Å². The minimum absolute atomic E-state index is 0.0526. The molecule has 1 aromatic rings. The molecular weight excluding hydrogens is 236 g/mol. The van der Waals surface area contributed by atoms with Gasteiger partial charge in [-0.3, -0.25) is 0 Å². The molecule has 0 bridgehead atoms. The van der Waals surface area contributed by atoms with E-state index in [-0.39, 0.29) is 6.10 Å². The van der Waals surface area contributed by atoms with Gasteiger partial charge in [-0.15, -0.1) is 11.3 Å². The average molecular weight is 254 g/mol. The Bertz CT molecular complexity index is 388. The second kappa shape index (κ2) is 5.02.